The summed E-state index contributed by atoms with van der Waals surface area (Å²) in [6, 6.07) is 9.50. The Balaban J connectivity index is 2.02. The minimum absolute atomic E-state index is 0.0779. The van der Waals surface area contributed by atoms with Gasteiger partial charge in [-0.1, -0.05) is 24.3 Å². The van der Waals surface area contributed by atoms with Gasteiger partial charge in [-0.15, -0.1) is 0 Å². The molecule has 0 aliphatic rings. The first-order chi connectivity index (χ1) is 8.63. The lowest BCUT2D eigenvalue weighted by molar-refractivity contribution is 0.101. The monoisotopic (exact) mass is 239 g/mol. The van der Waals surface area contributed by atoms with Crippen LogP contribution in [0, 0.1) is 6.92 Å². The summed E-state index contributed by atoms with van der Waals surface area (Å²) in [6.07, 6.45) is 1.95. The predicted molar refractivity (Wildman–Crippen MR) is 69.7 cm³/mol. The van der Waals surface area contributed by atoms with Gasteiger partial charge in [0.05, 0.1) is 11.9 Å². The van der Waals surface area contributed by atoms with Gasteiger partial charge in [-0.25, -0.2) is 9.50 Å². The first-order valence-electron chi connectivity index (χ1n) is 5.79. The molecule has 2 aromatic heterocycles. The first-order valence-corrected chi connectivity index (χ1v) is 5.79. The number of fused-ring (bicyclic) bond motifs is 1. The highest BCUT2D eigenvalue weighted by molar-refractivity contribution is 5.94. The van der Waals surface area contributed by atoms with Crippen LogP contribution in [-0.2, 0) is 0 Å². The normalized spacial score (nSPS) is 11.0. The van der Waals surface area contributed by atoms with Gasteiger partial charge in [0, 0.05) is 22.9 Å². The topological polar surface area (TPSA) is 50.2 Å². The molecule has 0 radical (unpaired) electrons. The number of H-pyrrole nitrogens is 1. The summed E-state index contributed by atoms with van der Waals surface area (Å²) in [5, 5.41) is 3.18. The van der Waals surface area contributed by atoms with Crippen LogP contribution in [0.1, 0.15) is 23.0 Å². The second-order valence-corrected chi connectivity index (χ2v) is 4.43. The van der Waals surface area contributed by atoms with Crippen molar-refractivity contribution in [3.8, 4) is 11.3 Å². The first kappa shape index (κ1) is 10.8. The molecular weight excluding hydrogens is 226 g/mol. The average Bonchev–Trinajstić information content (AvgIpc) is 2.86. The number of ketones is 1. The zero-order chi connectivity index (χ0) is 12.7. The number of Topliss-reactive ketones (excluding diaryl/α,β-unsaturated/α-hetero) is 1. The van der Waals surface area contributed by atoms with Gasteiger partial charge in [0.1, 0.15) is 0 Å². The molecule has 90 valence electrons. The molecule has 1 aromatic carbocycles. The van der Waals surface area contributed by atoms with Crippen molar-refractivity contribution in [2.75, 3.05) is 0 Å². The van der Waals surface area contributed by atoms with Gasteiger partial charge >= 0.3 is 0 Å². The van der Waals surface area contributed by atoms with E-state index in [-0.39, 0.29) is 5.78 Å². The maximum absolute atomic E-state index is 11.2. The van der Waals surface area contributed by atoms with Crippen LogP contribution < -0.4 is 0 Å². The zero-order valence-electron chi connectivity index (χ0n) is 10.3. The van der Waals surface area contributed by atoms with E-state index in [4.69, 9.17) is 0 Å². The minimum Gasteiger partial charge on any atom is -0.297 e. The molecule has 0 saturated carbocycles. The summed E-state index contributed by atoms with van der Waals surface area (Å²) in [6.45, 7) is 3.56. The maximum atomic E-state index is 11.2. The van der Waals surface area contributed by atoms with Crippen molar-refractivity contribution in [2.45, 2.75) is 13.8 Å². The van der Waals surface area contributed by atoms with E-state index in [0.29, 0.717) is 0 Å². The molecule has 3 aromatic rings. The number of nitrogens with zero attached hydrogens (tertiary/aromatic N) is 2. The third kappa shape index (κ3) is 1.72. The van der Waals surface area contributed by atoms with E-state index in [9.17, 15) is 4.79 Å². The van der Waals surface area contributed by atoms with Crippen LogP contribution in [-0.4, -0.2) is 20.4 Å². The molecule has 0 amide bonds. The Morgan fingerprint density at radius 3 is 2.61 bits per heavy atom. The summed E-state index contributed by atoms with van der Waals surface area (Å²) < 4.78 is 1.89. The van der Waals surface area contributed by atoms with E-state index in [1.807, 2.05) is 48.0 Å². The molecule has 0 unspecified atom stereocenters. The van der Waals surface area contributed by atoms with Gasteiger partial charge in [-0.3, -0.25) is 9.89 Å². The number of carbonyl (C=O) groups is 1. The van der Waals surface area contributed by atoms with E-state index in [0.717, 1.165) is 28.2 Å². The van der Waals surface area contributed by atoms with E-state index < -0.39 is 0 Å². The molecule has 0 saturated heterocycles. The SMILES string of the molecule is CC(=O)c1ccc(-c2cn3[nH]c(C)cc3n2)cc1. The molecule has 4 heteroatoms. The molecule has 4 nitrogen and oxygen atoms in total. The fraction of sp³-hybridized carbons (Fsp3) is 0.143. The quantitative estimate of drug-likeness (QED) is 0.699. The van der Waals surface area contributed by atoms with Crippen LogP contribution in [0.2, 0.25) is 0 Å². The molecule has 0 atom stereocenters. The average molecular weight is 239 g/mol. The van der Waals surface area contributed by atoms with Crippen LogP contribution in [0.3, 0.4) is 0 Å². The second kappa shape index (κ2) is 3.84. The van der Waals surface area contributed by atoms with E-state index >= 15 is 0 Å². The summed E-state index contributed by atoms with van der Waals surface area (Å²) in [4.78, 5) is 15.7. The van der Waals surface area contributed by atoms with Crippen LogP contribution >= 0.6 is 0 Å². The number of aromatic nitrogens is 3. The van der Waals surface area contributed by atoms with Crippen LogP contribution in [0.4, 0.5) is 0 Å². The molecule has 0 bridgehead atoms. The number of benzene rings is 1. The molecule has 1 N–H and O–H groups in total. The summed E-state index contributed by atoms with van der Waals surface area (Å²) in [7, 11) is 0. The third-order valence-corrected chi connectivity index (χ3v) is 2.96. The lowest BCUT2D eigenvalue weighted by atomic mass is 10.1. The molecule has 0 spiro atoms. The lowest BCUT2D eigenvalue weighted by Crippen LogP contribution is -1.90. The fourth-order valence-corrected chi connectivity index (χ4v) is 2.02. The maximum Gasteiger partial charge on any atom is 0.159 e. The van der Waals surface area contributed by atoms with Gasteiger partial charge in [0.2, 0.25) is 0 Å². The highest BCUT2D eigenvalue weighted by atomic mass is 16.1. The summed E-state index contributed by atoms with van der Waals surface area (Å²) in [5.41, 5.74) is 4.61. The van der Waals surface area contributed by atoms with Crippen molar-refractivity contribution >= 4 is 11.4 Å². The Labute approximate surface area is 104 Å². The molecule has 0 aliphatic heterocycles. The highest BCUT2D eigenvalue weighted by Crippen LogP contribution is 2.20. The minimum atomic E-state index is 0.0779. The summed E-state index contributed by atoms with van der Waals surface area (Å²) >= 11 is 0. The molecular formula is C14H13N3O. The fourth-order valence-electron chi connectivity index (χ4n) is 2.02. The highest BCUT2D eigenvalue weighted by Gasteiger charge is 2.06. The van der Waals surface area contributed by atoms with Crippen LogP contribution in [0.5, 0.6) is 0 Å². The van der Waals surface area contributed by atoms with Crippen molar-refractivity contribution in [1.82, 2.24) is 14.6 Å². The van der Waals surface area contributed by atoms with E-state index in [1.165, 1.54) is 0 Å². The number of aryl methyl sites for hydroxylation is 1. The van der Waals surface area contributed by atoms with Crippen molar-refractivity contribution in [2.24, 2.45) is 0 Å². The zero-order valence-corrected chi connectivity index (χ0v) is 10.3. The number of imidazole rings is 1. The number of aromatic amines is 1. The van der Waals surface area contributed by atoms with Gasteiger partial charge in [-0.2, -0.15) is 0 Å². The lowest BCUT2D eigenvalue weighted by Gasteiger charge is -1.98. The molecule has 0 fully saturated rings. The van der Waals surface area contributed by atoms with Crippen molar-refractivity contribution in [1.29, 1.82) is 0 Å². The van der Waals surface area contributed by atoms with Gasteiger partial charge in [-0.05, 0) is 13.8 Å². The van der Waals surface area contributed by atoms with Crippen molar-refractivity contribution in [3.05, 3.63) is 47.8 Å². The Morgan fingerprint density at radius 2 is 2.00 bits per heavy atom. The predicted octanol–water partition coefficient (Wildman–Crippen LogP) is 2.84. The van der Waals surface area contributed by atoms with Gasteiger partial charge in [0.15, 0.2) is 11.4 Å². The largest absolute Gasteiger partial charge is 0.297 e. The van der Waals surface area contributed by atoms with Crippen LogP contribution in [0.15, 0.2) is 36.5 Å². The number of hydrogen-bond acceptors (Lipinski definition) is 2. The Morgan fingerprint density at radius 1 is 1.28 bits per heavy atom. The Bertz CT molecular complexity index is 688. The Kier molecular flexibility index (Phi) is 2.30. The van der Waals surface area contributed by atoms with E-state index in [2.05, 4.69) is 10.1 Å². The smallest absolute Gasteiger partial charge is 0.159 e. The van der Waals surface area contributed by atoms with E-state index in [1.54, 1.807) is 6.92 Å². The molecule has 3 rings (SSSR count). The Hall–Kier alpha value is -2.36. The number of carbonyl (C=O) groups excluding carboxylic acids is 1. The second-order valence-electron chi connectivity index (χ2n) is 4.43. The van der Waals surface area contributed by atoms with Crippen molar-refractivity contribution < 1.29 is 4.79 Å². The number of rotatable bonds is 2. The van der Waals surface area contributed by atoms with Gasteiger partial charge in [0.25, 0.3) is 0 Å². The molecule has 18 heavy (non-hydrogen) atoms. The van der Waals surface area contributed by atoms with Gasteiger partial charge < -0.3 is 0 Å². The van der Waals surface area contributed by atoms with Crippen molar-refractivity contribution in [3.63, 3.8) is 0 Å². The standard InChI is InChI=1S/C14H13N3O/c1-9-7-14-15-13(8-17(14)16-9)12-5-3-11(4-6-12)10(2)18/h3-8,16H,1-2H3. The molecule has 0 aliphatic carbocycles. The number of hydrogen-bond donors (Lipinski definition) is 1. The third-order valence-electron chi connectivity index (χ3n) is 2.96. The van der Waals surface area contributed by atoms with Crippen LogP contribution in [0.25, 0.3) is 16.9 Å². The number of nitrogens with one attached hydrogen (secondary N) is 1. The molecule has 2 heterocycles. The summed E-state index contributed by atoms with van der Waals surface area (Å²) in [5.74, 6) is 0.0779.